The van der Waals surface area contributed by atoms with E-state index >= 15 is 0 Å². The summed E-state index contributed by atoms with van der Waals surface area (Å²) in [6.45, 7) is 11.8. The van der Waals surface area contributed by atoms with Gasteiger partial charge in [0.1, 0.15) is 11.5 Å². The van der Waals surface area contributed by atoms with Crippen LogP contribution in [0.2, 0.25) is 0 Å². The molecule has 0 saturated heterocycles. The average Bonchev–Trinajstić information content (AvgIpc) is 2.14. The molecule has 1 rings (SSSR count). The maximum absolute atomic E-state index is 10.2. The smallest absolute Gasteiger partial charge is 0.122 e. The molecule has 0 amide bonds. The van der Waals surface area contributed by atoms with Crippen LogP contribution < -0.4 is 0 Å². The minimum Gasteiger partial charge on any atom is -0.507 e. The zero-order chi connectivity index (χ0) is 12.6. The summed E-state index contributed by atoms with van der Waals surface area (Å²) in [5.74, 6) is 1.11. The van der Waals surface area contributed by atoms with E-state index in [4.69, 9.17) is 0 Å². The van der Waals surface area contributed by atoms with Gasteiger partial charge in [-0.3, -0.25) is 0 Å². The molecule has 0 unspecified atom stereocenters. The highest BCUT2D eigenvalue weighted by atomic mass is 16.3. The normalized spacial score (nSPS) is 11.5. The van der Waals surface area contributed by atoms with Gasteiger partial charge in [-0.2, -0.15) is 0 Å². The van der Waals surface area contributed by atoms with Crippen molar-refractivity contribution in [3.63, 3.8) is 0 Å². The van der Waals surface area contributed by atoms with Crippen molar-refractivity contribution in [3.05, 3.63) is 22.3 Å². The molecule has 0 aliphatic heterocycles. The summed E-state index contributed by atoms with van der Waals surface area (Å²) in [5.41, 5.74) is 3.34. The molecule has 2 heteroatoms. The molecule has 1 aromatic rings. The molecule has 2 nitrogen and oxygen atoms in total. The Bertz CT molecular complexity index is 336. The first-order chi connectivity index (χ1) is 7.29. The van der Waals surface area contributed by atoms with Crippen molar-refractivity contribution >= 4 is 0 Å². The number of rotatable bonds is 2. The average molecular weight is 222 g/mol. The first-order valence-corrected chi connectivity index (χ1v) is 5.83. The van der Waals surface area contributed by atoms with E-state index in [0.29, 0.717) is 11.5 Å². The van der Waals surface area contributed by atoms with Gasteiger partial charge >= 0.3 is 0 Å². The summed E-state index contributed by atoms with van der Waals surface area (Å²) in [5, 5.41) is 20.4. The minimum absolute atomic E-state index is 0.214. The van der Waals surface area contributed by atoms with E-state index < -0.39 is 0 Å². The molecule has 0 radical (unpaired) electrons. The topological polar surface area (TPSA) is 40.5 Å². The largest absolute Gasteiger partial charge is 0.507 e. The molecule has 90 valence electrons. The van der Waals surface area contributed by atoms with Gasteiger partial charge < -0.3 is 10.2 Å². The van der Waals surface area contributed by atoms with Crippen LogP contribution in [0.3, 0.4) is 0 Å². The van der Waals surface area contributed by atoms with E-state index in [1.165, 1.54) is 0 Å². The fraction of sp³-hybridized carbons (Fsp3) is 0.571. The molecule has 16 heavy (non-hydrogen) atoms. The second kappa shape index (κ2) is 4.36. The summed E-state index contributed by atoms with van der Waals surface area (Å²) >= 11 is 0. The molecule has 1 aromatic carbocycles. The molecule has 0 aliphatic carbocycles. The predicted octanol–water partition coefficient (Wildman–Crippen LogP) is 3.96. The fourth-order valence-corrected chi connectivity index (χ4v) is 2.43. The Morgan fingerprint density at radius 1 is 0.688 bits per heavy atom. The van der Waals surface area contributed by atoms with Crippen molar-refractivity contribution in [2.24, 2.45) is 0 Å². The second-order valence-electron chi connectivity index (χ2n) is 5.08. The molecular weight excluding hydrogens is 200 g/mol. The summed E-state index contributed by atoms with van der Waals surface area (Å²) in [4.78, 5) is 0. The van der Waals surface area contributed by atoms with Crippen LogP contribution in [-0.2, 0) is 0 Å². The lowest BCUT2D eigenvalue weighted by Crippen LogP contribution is -2.02. The van der Waals surface area contributed by atoms with Crippen LogP contribution in [0.4, 0.5) is 0 Å². The van der Waals surface area contributed by atoms with Crippen LogP contribution in [0.1, 0.15) is 61.8 Å². The van der Waals surface area contributed by atoms with Crippen LogP contribution >= 0.6 is 0 Å². The van der Waals surface area contributed by atoms with Crippen molar-refractivity contribution in [1.82, 2.24) is 0 Å². The first kappa shape index (κ1) is 12.9. The first-order valence-electron chi connectivity index (χ1n) is 5.83. The third kappa shape index (κ3) is 1.89. The highest BCUT2D eigenvalue weighted by Crippen LogP contribution is 2.43. The molecule has 0 saturated carbocycles. The molecule has 2 N–H and O–H groups in total. The van der Waals surface area contributed by atoms with Crippen LogP contribution in [0.25, 0.3) is 0 Å². The lowest BCUT2D eigenvalue weighted by Gasteiger charge is -2.21. The van der Waals surface area contributed by atoms with Crippen molar-refractivity contribution in [2.75, 3.05) is 0 Å². The molecule has 0 aliphatic rings. The monoisotopic (exact) mass is 222 g/mol. The van der Waals surface area contributed by atoms with Crippen molar-refractivity contribution in [3.8, 4) is 11.5 Å². The molecular formula is C14H22O2. The maximum atomic E-state index is 10.2. The van der Waals surface area contributed by atoms with Crippen LogP contribution in [0, 0.1) is 13.8 Å². The predicted molar refractivity (Wildman–Crippen MR) is 67.4 cm³/mol. The van der Waals surface area contributed by atoms with E-state index in [-0.39, 0.29) is 11.8 Å². The number of aromatic hydroxyl groups is 2. The van der Waals surface area contributed by atoms with E-state index in [0.717, 1.165) is 22.3 Å². The maximum Gasteiger partial charge on any atom is 0.122 e. The van der Waals surface area contributed by atoms with Crippen LogP contribution in [0.15, 0.2) is 0 Å². The number of phenolic OH excluding ortho intramolecular Hbond substituents is 2. The standard InChI is InChI=1S/C14H22O2/c1-7(2)11-9(5)14(16)12(8(3)4)10(6)13(11)15/h7-8,15-16H,1-6H3. The van der Waals surface area contributed by atoms with Crippen molar-refractivity contribution in [2.45, 2.75) is 53.4 Å². The number of hydrogen-bond acceptors (Lipinski definition) is 2. The molecule has 0 heterocycles. The molecule has 0 fully saturated rings. The lowest BCUT2D eigenvalue weighted by atomic mass is 9.87. The Hall–Kier alpha value is -1.18. The van der Waals surface area contributed by atoms with Crippen molar-refractivity contribution in [1.29, 1.82) is 0 Å². The number of hydrogen-bond donors (Lipinski definition) is 2. The Balaban J connectivity index is 3.63. The number of benzene rings is 1. The zero-order valence-electron chi connectivity index (χ0n) is 11.0. The van der Waals surface area contributed by atoms with Gasteiger partial charge in [0.25, 0.3) is 0 Å². The third-order valence-corrected chi connectivity index (χ3v) is 3.18. The third-order valence-electron chi connectivity index (χ3n) is 3.18. The Kier molecular flexibility index (Phi) is 3.51. The van der Waals surface area contributed by atoms with Gasteiger partial charge in [0, 0.05) is 11.1 Å². The summed E-state index contributed by atoms with van der Waals surface area (Å²) < 4.78 is 0. The highest BCUT2D eigenvalue weighted by molar-refractivity contribution is 5.59. The van der Waals surface area contributed by atoms with E-state index in [1.54, 1.807) is 0 Å². The van der Waals surface area contributed by atoms with Gasteiger partial charge in [-0.1, -0.05) is 27.7 Å². The van der Waals surface area contributed by atoms with Gasteiger partial charge in [-0.25, -0.2) is 0 Å². The Morgan fingerprint density at radius 2 is 0.938 bits per heavy atom. The lowest BCUT2D eigenvalue weighted by molar-refractivity contribution is 0.435. The molecule has 0 bridgehead atoms. The quantitative estimate of drug-likeness (QED) is 0.743. The van der Waals surface area contributed by atoms with Crippen LogP contribution in [-0.4, -0.2) is 10.2 Å². The summed E-state index contributed by atoms with van der Waals surface area (Å²) in [6, 6.07) is 0. The van der Waals surface area contributed by atoms with Gasteiger partial charge in [-0.15, -0.1) is 0 Å². The van der Waals surface area contributed by atoms with Gasteiger partial charge in [0.2, 0.25) is 0 Å². The highest BCUT2D eigenvalue weighted by Gasteiger charge is 2.21. The van der Waals surface area contributed by atoms with E-state index in [9.17, 15) is 10.2 Å². The molecule has 0 atom stereocenters. The van der Waals surface area contributed by atoms with Crippen LogP contribution in [0.5, 0.6) is 11.5 Å². The molecule has 0 aromatic heterocycles. The van der Waals surface area contributed by atoms with E-state index in [1.807, 2.05) is 41.5 Å². The van der Waals surface area contributed by atoms with E-state index in [2.05, 4.69) is 0 Å². The summed E-state index contributed by atoms with van der Waals surface area (Å²) in [6.07, 6.45) is 0. The van der Waals surface area contributed by atoms with Gasteiger partial charge in [0.05, 0.1) is 0 Å². The second-order valence-corrected chi connectivity index (χ2v) is 5.08. The SMILES string of the molecule is Cc1c(O)c(C(C)C)c(C)c(O)c1C(C)C. The van der Waals surface area contributed by atoms with Gasteiger partial charge in [-0.05, 0) is 36.8 Å². The molecule has 0 spiro atoms. The zero-order valence-corrected chi connectivity index (χ0v) is 11.0. The summed E-state index contributed by atoms with van der Waals surface area (Å²) in [7, 11) is 0. The fourth-order valence-electron chi connectivity index (χ4n) is 2.43. The Labute approximate surface area is 97.9 Å². The van der Waals surface area contributed by atoms with Gasteiger partial charge in [0.15, 0.2) is 0 Å². The Morgan fingerprint density at radius 3 is 1.12 bits per heavy atom. The minimum atomic E-state index is 0.214. The number of phenols is 2. The van der Waals surface area contributed by atoms with Crippen molar-refractivity contribution < 1.29 is 10.2 Å².